The zero-order chi connectivity index (χ0) is 15.7. The molecule has 0 aromatic heterocycles. The zero-order valence-electron chi connectivity index (χ0n) is 13.8. The summed E-state index contributed by atoms with van der Waals surface area (Å²) in [5.74, 6) is 0.944. The minimum absolute atomic E-state index is 0.407. The van der Waals surface area contributed by atoms with E-state index in [1.165, 1.54) is 11.1 Å². The lowest BCUT2D eigenvalue weighted by Crippen LogP contribution is -2.41. The Bertz CT molecular complexity index is 458. The molecule has 1 unspecified atom stereocenters. The molecule has 1 N–H and O–H groups in total. The maximum absolute atomic E-state index is 9.26. The molecule has 0 aliphatic carbocycles. The van der Waals surface area contributed by atoms with Crippen molar-refractivity contribution in [2.24, 2.45) is 0 Å². The van der Waals surface area contributed by atoms with Crippen molar-refractivity contribution in [3.8, 4) is 11.8 Å². The Hall–Kier alpha value is -1.53. The predicted molar refractivity (Wildman–Crippen MR) is 87.6 cm³/mol. The summed E-state index contributed by atoms with van der Waals surface area (Å²) in [6.07, 6.45) is 3.87. The van der Waals surface area contributed by atoms with Crippen LogP contribution in [0.3, 0.4) is 0 Å². The van der Waals surface area contributed by atoms with E-state index in [0.717, 1.165) is 38.0 Å². The summed E-state index contributed by atoms with van der Waals surface area (Å²) in [5.41, 5.74) is 2.05. The molecule has 0 spiro atoms. The quantitative estimate of drug-likeness (QED) is 0.695. The molecular formula is C18H28N2O. The molecular weight excluding hydrogens is 260 g/mol. The van der Waals surface area contributed by atoms with Crippen LogP contribution in [0.1, 0.15) is 50.7 Å². The molecule has 0 aliphatic heterocycles. The second-order valence-electron chi connectivity index (χ2n) is 6.00. The van der Waals surface area contributed by atoms with Crippen LogP contribution in [-0.4, -0.2) is 18.7 Å². The Kier molecular flexibility index (Phi) is 7.25. The van der Waals surface area contributed by atoms with E-state index in [2.05, 4.69) is 50.4 Å². The summed E-state index contributed by atoms with van der Waals surface area (Å²) >= 11 is 0. The molecule has 3 nitrogen and oxygen atoms in total. The fraction of sp³-hybridized carbons (Fsp3) is 0.611. The van der Waals surface area contributed by atoms with Gasteiger partial charge in [-0.05, 0) is 76.3 Å². The van der Waals surface area contributed by atoms with Gasteiger partial charge >= 0.3 is 0 Å². The van der Waals surface area contributed by atoms with E-state index in [9.17, 15) is 5.26 Å². The Labute approximate surface area is 129 Å². The average molecular weight is 288 g/mol. The first-order chi connectivity index (χ1) is 9.99. The molecule has 0 amide bonds. The van der Waals surface area contributed by atoms with E-state index in [1.54, 1.807) is 0 Å². The fourth-order valence-corrected chi connectivity index (χ4v) is 2.37. The predicted octanol–water partition coefficient (Wildman–Crippen LogP) is 4.13. The molecule has 0 fully saturated rings. The Balaban J connectivity index is 2.29. The number of hydrogen-bond acceptors (Lipinski definition) is 3. The van der Waals surface area contributed by atoms with Crippen LogP contribution in [0, 0.1) is 25.2 Å². The molecule has 0 radical (unpaired) electrons. The zero-order valence-corrected chi connectivity index (χ0v) is 13.8. The van der Waals surface area contributed by atoms with Crippen molar-refractivity contribution in [1.82, 2.24) is 5.32 Å². The maximum atomic E-state index is 9.26. The van der Waals surface area contributed by atoms with Crippen LogP contribution in [0.5, 0.6) is 5.75 Å². The van der Waals surface area contributed by atoms with Crippen molar-refractivity contribution >= 4 is 0 Å². The largest absolute Gasteiger partial charge is 0.494 e. The lowest BCUT2D eigenvalue weighted by atomic mass is 9.96. The molecule has 0 aliphatic rings. The highest BCUT2D eigenvalue weighted by Crippen LogP contribution is 2.17. The van der Waals surface area contributed by atoms with E-state index in [0.29, 0.717) is 6.61 Å². The summed E-state index contributed by atoms with van der Waals surface area (Å²) in [6.45, 7) is 9.85. The first kappa shape index (κ1) is 17.5. The summed E-state index contributed by atoms with van der Waals surface area (Å²) in [4.78, 5) is 0. The van der Waals surface area contributed by atoms with Crippen molar-refractivity contribution < 1.29 is 4.74 Å². The van der Waals surface area contributed by atoms with Gasteiger partial charge in [0.15, 0.2) is 0 Å². The third-order valence-electron chi connectivity index (χ3n) is 3.55. The van der Waals surface area contributed by atoms with Gasteiger partial charge in [0.05, 0.1) is 12.7 Å². The SMILES string of the molecule is CCCNC(C)(C#N)CCCCOc1cc(C)cc(C)c1. The number of aryl methyl sites for hydroxylation is 2. The number of rotatable bonds is 9. The molecule has 0 saturated heterocycles. The number of nitrogens with zero attached hydrogens (tertiary/aromatic N) is 1. The fourth-order valence-electron chi connectivity index (χ4n) is 2.37. The minimum Gasteiger partial charge on any atom is -0.494 e. The van der Waals surface area contributed by atoms with Crippen LogP contribution in [0.2, 0.25) is 0 Å². The van der Waals surface area contributed by atoms with E-state index in [-0.39, 0.29) is 0 Å². The third kappa shape index (κ3) is 6.64. The van der Waals surface area contributed by atoms with E-state index < -0.39 is 5.54 Å². The first-order valence-corrected chi connectivity index (χ1v) is 7.86. The number of nitrogens with one attached hydrogen (secondary N) is 1. The van der Waals surface area contributed by atoms with Crippen molar-refractivity contribution in [3.63, 3.8) is 0 Å². The van der Waals surface area contributed by atoms with Crippen LogP contribution in [0.15, 0.2) is 18.2 Å². The molecule has 0 saturated carbocycles. The maximum Gasteiger partial charge on any atom is 0.119 e. The highest BCUT2D eigenvalue weighted by Gasteiger charge is 2.21. The van der Waals surface area contributed by atoms with Gasteiger partial charge in [-0.15, -0.1) is 0 Å². The van der Waals surface area contributed by atoms with Gasteiger partial charge < -0.3 is 4.74 Å². The highest BCUT2D eigenvalue weighted by atomic mass is 16.5. The van der Waals surface area contributed by atoms with Crippen LogP contribution in [-0.2, 0) is 0 Å². The Morgan fingerprint density at radius 2 is 1.86 bits per heavy atom. The summed E-state index contributed by atoms with van der Waals surface area (Å²) in [5, 5.41) is 12.6. The summed E-state index contributed by atoms with van der Waals surface area (Å²) in [6, 6.07) is 8.66. The van der Waals surface area contributed by atoms with Gasteiger partial charge in [0.25, 0.3) is 0 Å². The van der Waals surface area contributed by atoms with Crippen LogP contribution >= 0.6 is 0 Å². The van der Waals surface area contributed by atoms with Crippen LogP contribution in [0.25, 0.3) is 0 Å². The smallest absolute Gasteiger partial charge is 0.119 e. The average Bonchev–Trinajstić information content (AvgIpc) is 2.44. The number of unbranched alkanes of at least 4 members (excludes halogenated alkanes) is 1. The van der Waals surface area contributed by atoms with E-state index >= 15 is 0 Å². The van der Waals surface area contributed by atoms with Crippen molar-refractivity contribution in [1.29, 1.82) is 5.26 Å². The summed E-state index contributed by atoms with van der Waals surface area (Å²) in [7, 11) is 0. The molecule has 0 bridgehead atoms. The van der Waals surface area contributed by atoms with Gasteiger partial charge in [-0.3, -0.25) is 5.32 Å². The molecule has 0 heterocycles. The lowest BCUT2D eigenvalue weighted by Gasteiger charge is -2.23. The van der Waals surface area contributed by atoms with Crippen LogP contribution < -0.4 is 10.1 Å². The lowest BCUT2D eigenvalue weighted by molar-refractivity contribution is 0.295. The second-order valence-corrected chi connectivity index (χ2v) is 6.00. The van der Waals surface area contributed by atoms with Gasteiger partial charge in [-0.25, -0.2) is 0 Å². The normalized spacial score (nSPS) is 13.5. The molecule has 1 aromatic rings. The Morgan fingerprint density at radius 1 is 1.19 bits per heavy atom. The van der Waals surface area contributed by atoms with Crippen molar-refractivity contribution in [2.45, 2.75) is 58.9 Å². The van der Waals surface area contributed by atoms with E-state index in [1.807, 2.05) is 6.92 Å². The number of hydrogen-bond donors (Lipinski definition) is 1. The molecule has 1 atom stereocenters. The summed E-state index contributed by atoms with van der Waals surface area (Å²) < 4.78 is 5.79. The van der Waals surface area contributed by atoms with E-state index in [4.69, 9.17) is 4.74 Å². The third-order valence-corrected chi connectivity index (χ3v) is 3.55. The minimum atomic E-state index is -0.407. The highest BCUT2D eigenvalue weighted by molar-refractivity contribution is 5.32. The van der Waals surface area contributed by atoms with Gasteiger partial charge in [0, 0.05) is 0 Å². The van der Waals surface area contributed by atoms with Gasteiger partial charge in [-0.2, -0.15) is 5.26 Å². The van der Waals surface area contributed by atoms with Gasteiger partial charge in [-0.1, -0.05) is 13.0 Å². The monoisotopic (exact) mass is 288 g/mol. The molecule has 21 heavy (non-hydrogen) atoms. The van der Waals surface area contributed by atoms with Crippen molar-refractivity contribution in [3.05, 3.63) is 29.3 Å². The van der Waals surface area contributed by atoms with Crippen molar-refractivity contribution in [2.75, 3.05) is 13.2 Å². The molecule has 116 valence electrons. The second kappa shape index (κ2) is 8.69. The Morgan fingerprint density at radius 3 is 2.43 bits per heavy atom. The number of nitriles is 1. The topological polar surface area (TPSA) is 45.0 Å². The van der Waals surface area contributed by atoms with Gasteiger partial charge in [0.2, 0.25) is 0 Å². The molecule has 1 aromatic carbocycles. The molecule has 1 rings (SSSR count). The standard InChI is InChI=1S/C18H28N2O/c1-5-9-20-18(4,14-19)8-6-7-10-21-17-12-15(2)11-16(3)13-17/h11-13,20H,5-10H2,1-4H3. The first-order valence-electron chi connectivity index (χ1n) is 7.86. The number of ether oxygens (including phenoxy) is 1. The van der Waals surface area contributed by atoms with Gasteiger partial charge in [0.1, 0.15) is 11.3 Å². The molecule has 3 heteroatoms. The van der Waals surface area contributed by atoms with Crippen LogP contribution in [0.4, 0.5) is 0 Å². The number of benzene rings is 1.